The van der Waals surface area contributed by atoms with Gasteiger partial charge < -0.3 is 19.8 Å². The fourth-order valence-corrected chi connectivity index (χ4v) is 2.06. The van der Waals surface area contributed by atoms with Crippen molar-refractivity contribution in [1.29, 1.82) is 0 Å². The number of aromatic nitrogens is 1. The number of ether oxygens (including phenoxy) is 2. The van der Waals surface area contributed by atoms with Crippen molar-refractivity contribution in [2.75, 3.05) is 14.2 Å². The van der Waals surface area contributed by atoms with Crippen LogP contribution in [0, 0.1) is 0 Å². The monoisotopic (exact) mass is 276 g/mol. The van der Waals surface area contributed by atoms with Crippen LogP contribution in [-0.2, 0) is 20.7 Å². The van der Waals surface area contributed by atoms with E-state index in [4.69, 9.17) is 4.74 Å². The van der Waals surface area contributed by atoms with Crippen molar-refractivity contribution in [3.05, 3.63) is 36.0 Å². The molecule has 2 rings (SSSR count). The van der Waals surface area contributed by atoms with Crippen LogP contribution in [0.25, 0.3) is 10.9 Å². The molecule has 0 unspecified atom stereocenters. The number of nitrogens with one attached hydrogen (secondary N) is 2. The van der Waals surface area contributed by atoms with Gasteiger partial charge in [0, 0.05) is 23.5 Å². The molecule has 1 aromatic carbocycles. The van der Waals surface area contributed by atoms with Crippen molar-refractivity contribution in [2.45, 2.75) is 12.5 Å². The smallest absolute Gasteiger partial charge is 0.407 e. The Morgan fingerprint density at radius 2 is 2.00 bits per heavy atom. The molecule has 0 aliphatic carbocycles. The third-order valence-corrected chi connectivity index (χ3v) is 3.06. The lowest BCUT2D eigenvalue weighted by atomic mass is 10.1. The summed E-state index contributed by atoms with van der Waals surface area (Å²) in [6.07, 6.45) is 1.48. The van der Waals surface area contributed by atoms with Crippen molar-refractivity contribution in [3.8, 4) is 0 Å². The fourth-order valence-electron chi connectivity index (χ4n) is 2.06. The summed E-state index contributed by atoms with van der Waals surface area (Å²) in [4.78, 5) is 26.1. The van der Waals surface area contributed by atoms with E-state index in [0.717, 1.165) is 16.5 Å². The second kappa shape index (κ2) is 6.10. The van der Waals surface area contributed by atoms with Crippen LogP contribution in [0.4, 0.5) is 4.79 Å². The van der Waals surface area contributed by atoms with E-state index in [1.54, 1.807) is 0 Å². The number of amides is 1. The first-order valence-corrected chi connectivity index (χ1v) is 6.13. The summed E-state index contributed by atoms with van der Waals surface area (Å²) in [6, 6.07) is 6.95. The topological polar surface area (TPSA) is 80.4 Å². The van der Waals surface area contributed by atoms with E-state index in [1.165, 1.54) is 14.2 Å². The maximum absolute atomic E-state index is 11.7. The summed E-state index contributed by atoms with van der Waals surface area (Å²) in [5.74, 6) is -0.513. The van der Waals surface area contributed by atoms with Crippen molar-refractivity contribution in [2.24, 2.45) is 0 Å². The van der Waals surface area contributed by atoms with Crippen LogP contribution >= 0.6 is 0 Å². The zero-order valence-electron chi connectivity index (χ0n) is 11.3. The highest BCUT2D eigenvalue weighted by Gasteiger charge is 2.23. The molecule has 0 aliphatic rings. The standard InChI is InChI=1S/C14H16N2O4/c1-19-13(17)12(16-14(18)20-2)7-9-8-15-11-6-4-3-5-10(9)11/h3-6,8,12,15H,7H2,1-2H3,(H,16,18)/t12-/m0/s1. The van der Waals surface area contributed by atoms with E-state index in [-0.39, 0.29) is 0 Å². The van der Waals surface area contributed by atoms with Gasteiger partial charge in [0.2, 0.25) is 0 Å². The molecular weight excluding hydrogens is 260 g/mol. The average Bonchev–Trinajstić information content (AvgIpc) is 2.89. The zero-order valence-corrected chi connectivity index (χ0v) is 11.3. The number of methoxy groups -OCH3 is 2. The summed E-state index contributed by atoms with van der Waals surface area (Å²) < 4.78 is 9.22. The fraction of sp³-hybridized carbons (Fsp3) is 0.286. The quantitative estimate of drug-likeness (QED) is 0.831. The Labute approximate surface area is 116 Å². The molecule has 1 heterocycles. The van der Waals surface area contributed by atoms with Crippen molar-refractivity contribution in [1.82, 2.24) is 10.3 Å². The molecule has 1 atom stereocenters. The lowest BCUT2D eigenvalue weighted by Crippen LogP contribution is -2.42. The number of para-hydroxylation sites is 1. The van der Waals surface area contributed by atoms with Gasteiger partial charge in [-0.3, -0.25) is 0 Å². The Kier molecular flexibility index (Phi) is 4.24. The number of aromatic amines is 1. The number of rotatable bonds is 4. The molecule has 0 fully saturated rings. The van der Waals surface area contributed by atoms with Gasteiger partial charge in [-0.25, -0.2) is 9.59 Å². The molecule has 1 aromatic heterocycles. The van der Waals surface area contributed by atoms with E-state index in [9.17, 15) is 9.59 Å². The third kappa shape index (κ3) is 2.90. The van der Waals surface area contributed by atoms with Crippen molar-refractivity contribution < 1.29 is 19.1 Å². The maximum atomic E-state index is 11.7. The van der Waals surface area contributed by atoms with Crippen LogP contribution in [0.15, 0.2) is 30.5 Å². The SMILES string of the molecule is COC(=O)N[C@@H](Cc1c[nH]c2ccccc12)C(=O)OC. The van der Waals surface area contributed by atoms with Crippen LogP contribution < -0.4 is 5.32 Å². The molecule has 0 radical (unpaired) electrons. The van der Waals surface area contributed by atoms with Crippen LogP contribution in [-0.4, -0.2) is 37.3 Å². The number of hydrogen-bond donors (Lipinski definition) is 2. The minimum atomic E-state index is -0.786. The number of carbonyl (C=O) groups is 2. The van der Waals surface area contributed by atoms with Gasteiger partial charge in [0.25, 0.3) is 0 Å². The molecule has 0 aliphatic heterocycles. The Bertz CT molecular complexity index is 620. The van der Waals surface area contributed by atoms with Gasteiger partial charge in [-0.2, -0.15) is 0 Å². The lowest BCUT2D eigenvalue weighted by molar-refractivity contribution is -0.142. The summed E-state index contributed by atoms with van der Waals surface area (Å²) in [6.45, 7) is 0. The molecule has 0 bridgehead atoms. The van der Waals surface area contributed by atoms with E-state index in [0.29, 0.717) is 6.42 Å². The normalized spacial score (nSPS) is 11.9. The van der Waals surface area contributed by atoms with Gasteiger partial charge in [-0.05, 0) is 11.6 Å². The molecule has 106 valence electrons. The molecule has 2 N–H and O–H groups in total. The highest BCUT2D eigenvalue weighted by Crippen LogP contribution is 2.19. The number of alkyl carbamates (subject to hydrolysis) is 1. The molecular formula is C14H16N2O4. The van der Waals surface area contributed by atoms with E-state index in [2.05, 4.69) is 15.0 Å². The first kappa shape index (κ1) is 13.9. The second-order valence-electron chi connectivity index (χ2n) is 4.28. The second-order valence-corrected chi connectivity index (χ2v) is 4.28. The first-order chi connectivity index (χ1) is 9.65. The Morgan fingerprint density at radius 1 is 1.25 bits per heavy atom. The van der Waals surface area contributed by atoms with Crippen molar-refractivity contribution in [3.63, 3.8) is 0 Å². The molecule has 0 saturated heterocycles. The number of esters is 1. The van der Waals surface area contributed by atoms with Crippen molar-refractivity contribution >= 4 is 23.0 Å². The minimum absolute atomic E-state index is 0.325. The van der Waals surface area contributed by atoms with Gasteiger partial charge in [-0.15, -0.1) is 0 Å². The molecule has 6 nitrogen and oxygen atoms in total. The third-order valence-electron chi connectivity index (χ3n) is 3.06. The summed E-state index contributed by atoms with van der Waals surface area (Å²) in [5, 5.41) is 3.48. The first-order valence-electron chi connectivity index (χ1n) is 6.13. The Hall–Kier alpha value is -2.50. The Morgan fingerprint density at radius 3 is 2.70 bits per heavy atom. The number of hydrogen-bond acceptors (Lipinski definition) is 4. The lowest BCUT2D eigenvalue weighted by Gasteiger charge is -2.15. The highest BCUT2D eigenvalue weighted by atomic mass is 16.5. The molecule has 1 amide bonds. The molecule has 0 spiro atoms. The van der Waals surface area contributed by atoms with Crippen LogP contribution in [0.5, 0.6) is 0 Å². The molecule has 6 heteroatoms. The molecule has 20 heavy (non-hydrogen) atoms. The average molecular weight is 276 g/mol. The summed E-state index contributed by atoms with van der Waals surface area (Å²) in [5.41, 5.74) is 1.90. The number of fused-ring (bicyclic) bond motifs is 1. The predicted molar refractivity (Wildman–Crippen MR) is 73.3 cm³/mol. The van der Waals surface area contributed by atoms with Gasteiger partial charge >= 0.3 is 12.1 Å². The van der Waals surface area contributed by atoms with Gasteiger partial charge in [-0.1, -0.05) is 18.2 Å². The Balaban J connectivity index is 2.22. The largest absolute Gasteiger partial charge is 0.467 e. The maximum Gasteiger partial charge on any atom is 0.407 e. The zero-order chi connectivity index (χ0) is 14.5. The van der Waals surface area contributed by atoms with Crippen LogP contribution in [0.3, 0.4) is 0 Å². The predicted octanol–water partition coefficient (Wildman–Crippen LogP) is 1.61. The number of H-pyrrole nitrogens is 1. The summed E-state index contributed by atoms with van der Waals surface area (Å²) >= 11 is 0. The van der Waals surface area contributed by atoms with E-state index >= 15 is 0 Å². The molecule has 2 aromatic rings. The van der Waals surface area contributed by atoms with E-state index < -0.39 is 18.1 Å². The van der Waals surface area contributed by atoms with Crippen LogP contribution in [0.1, 0.15) is 5.56 Å². The highest BCUT2D eigenvalue weighted by molar-refractivity contribution is 5.86. The van der Waals surface area contributed by atoms with Gasteiger partial charge in [0.05, 0.1) is 14.2 Å². The van der Waals surface area contributed by atoms with Crippen LogP contribution in [0.2, 0.25) is 0 Å². The summed E-state index contributed by atoms with van der Waals surface area (Å²) in [7, 11) is 2.53. The minimum Gasteiger partial charge on any atom is -0.467 e. The van der Waals surface area contributed by atoms with Gasteiger partial charge in [0.15, 0.2) is 0 Å². The number of benzene rings is 1. The molecule has 0 saturated carbocycles. The van der Waals surface area contributed by atoms with E-state index in [1.807, 2.05) is 30.5 Å². The number of carbonyl (C=O) groups excluding carboxylic acids is 2. The van der Waals surface area contributed by atoms with Gasteiger partial charge in [0.1, 0.15) is 6.04 Å².